The van der Waals surface area contributed by atoms with Gasteiger partial charge in [0.15, 0.2) is 5.69 Å². The molecule has 0 amide bonds. The molecule has 0 bridgehead atoms. The monoisotopic (exact) mass is 388 g/mol. The molecule has 0 unspecified atom stereocenters. The number of aromatic amines is 1. The number of thiophene rings is 1. The molecule has 0 fully saturated rings. The zero-order valence-corrected chi connectivity index (χ0v) is 13.2. The molecular weight excluding hydrogens is 382 g/mol. The maximum atomic E-state index is 13.0. The fraction of sp³-hybridized carbons (Fsp3) is 0.133. The van der Waals surface area contributed by atoms with Crippen LogP contribution in [0, 0.1) is 11.3 Å². The van der Waals surface area contributed by atoms with Crippen LogP contribution in [-0.4, -0.2) is 15.4 Å². The number of hydrogen-bond donors (Lipinski definition) is 1. The van der Waals surface area contributed by atoms with Gasteiger partial charge in [-0.3, -0.25) is 0 Å². The number of halogens is 6. The van der Waals surface area contributed by atoms with E-state index in [1.165, 1.54) is 11.4 Å². The van der Waals surface area contributed by atoms with E-state index in [2.05, 4.69) is 15.4 Å². The third-order valence-corrected chi connectivity index (χ3v) is 4.35. The maximum absolute atomic E-state index is 13.0. The van der Waals surface area contributed by atoms with Crippen LogP contribution in [-0.2, 0) is 12.4 Å². The Labute approximate surface area is 145 Å². The highest BCUT2D eigenvalue weighted by molar-refractivity contribution is 7.14. The van der Waals surface area contributed by atoms with E-state index in [0.29, 0.717) is 12.1 Å². The molecule has 26 heavy (non-hydrogen) atoms. The van der Waals surface area contributed by atoms with Gasteiger partial charge in [-0.15, -0.1) is 16.4 Å². The van der Waals surface area contributed by atoms with Crippen molar-refractivity contribution in [3.8, 4) is 27.8 Å². The first-order valence-electron chi connectivity index (χ1n) is 6.80. The average Bonchev–Trinajstić information content (AvgIpc) is 3.21. The summed E-state index contributed by atoms with van der Waals surface area (Å²) in [6.45, 7) is 0. The van der Waals surface area contributed by atoms with Gasteiger partial charge in [0, 0.05) is 5.56 Å². The second-order valence-corrected chi connectivity index (χ2v) is 6.01. The first-order chi connectivity index (χ1) is 12.1. The van der Waals surface area contributed by atoms with Crippen LogP contribution in [0.3, 0.4) is 0 Å². The molecule has 2 aromatic heterocycles. The zero-order valence-electron chi connectivity index (χ0n) is 12.4. The van der Waals surface area contributed by atoms with Gasteiger partial charge in [-0.2, -0.15) is 41.9 Å². The maximum Gasteiger partial charge on any atom is 0.416 e. The van der Waals surface area contributed by atoms with Crippen molar-refractivity contribution in [1.29, 1.82) is 5.26 Å². The highest BCUT2D eigenvalue weighted by Crippen LogP contribution is 2.42. The summed E-state index contributed by atoms with van der Waals surface area (Å²) in [6, 6.07) is 4.45. The molecule has 0 saturated carbocycles. The third-order valence-electron chi connectivity index (χ3n) is 3.43. The van der Waals surface area contributed by atoms with Crippen molar-refractivity contribution >= 4 is 11.3 Å². The van der Waals surface area contributed by atoms with Gasteiger partial charge in [0.25, 0.3) is 0 Å². The number of H-pyrrole nitrogens is 1. The molecule has 0 saturated heterocycles. The molecule has 1 N–H and O–H groups in total. The summed E-state index contributed by atoms with van der Waals surface area (Å²) in [5.41, 5.74) is -3.08. The Morgan fingerprint density at radius 3 is 2.12 bits per heavy atom. The van der Waals surface area contributed by atoms with E-state index in [-0.39, 0.29) is 33.5 Å². The van der Waals surface area contributed by atoms with E-state index in [1.807, 2.05) is 0 Å². The summed E-state index contributed by atoms with van der Waals surface area (Å²) in [6.07, 6.45) is -9.89. The van der Waals surface area contributed by atoms with Gasteiger partial charge in [0.2, 0.25) is 0 Å². The van der Waals surface area contributed by atoms with Crippen LogP contribution in [0.5, 0.6) is 0 Å². The summed E-state index contributed by atoms with van der Waals surface area (Å²) in [5.74, 6) is 0. The number of nitriles is 1. The standard InChI is InChI=1S/C15H6F6N4S/c16-14(17,18)8-3-7(4-9(5-8)15(19,20)21)10-1-2-26-13(10)12-11(6-22)23-25-24-12/h1-5H,(H,23,24,25). The fourth-order valence-corrected chi connectivity index (χ4v) is 3.20. The van der Waals surface area contributed by atoms with Crippen molar-refractivity contribution in [2.45, 2.75) is 12.4 Å². The number of alkyl halides is 6. The molecule has 0 radical (unpaired) electrons. The first-order valence-corrected chi connectivity index (χ1v) is 7.68. The fourth-order valence-electron chi connectivity index (χ4n) is 2.30. The number of nitrogens with one attached hydrogen (secondary N) is 1. The smallest absolute Gasteiger partial charge is 0.196 e. The molecule has 11 heteroatoms. The summed E-state index contributed by atoms with van der Waals surface area (Å²) in [5, 5.41) is 20.0. The average molecular weight is 388 g/mol. The first kappa shape index (κ1) is 17.9. The number of benzene rings is 1. The summed E-state index contributed by atoms with van der Waals surface area (Å²) in [7, 11) is 0. The van der Waals surface area contributed by atoms with Crippen molar-refractivity contribution in [2.24, 2.45) is 0 Å². The molecule has 3 rings (SSSR count). The largest absolute Gasteiger partial charge is 0.416 e. The minimum absolute atomic E-state index is 0.0588. The number of hydrogen-bond acceptors (Lipinski definition) is 4. The van der Waals surface area contributed by atoms with Crippen LogP contribution in [0.2, 0.25) is 0 Å². The van der Waals surface area contributed by atoms with E-state index < -0.39 is 23.5 Å². The second kappa shape index (κ2) is 6.14. The third kappa shape index (κ3) is 3.28. The van der Waals surface area contributed by atoms with Gasteiger partial charge in [-0.05, 0) is 35.2 Å². The Hall–Kier alpha value is -2.87. The normalized spacial score (nSPS) is 12.2. The predicted octanol–water partition coefficient (Wildman–Crippen LogP) is 5.11. The van der Waals surface area contributed by atoms with Gasteiger partial charge in [0.05, 0.1) is 16.0 Å². The lowest BCUT2D eigenvalue weighted by Crippen LogP contribution is -2.11. The minimum Gasteiger partial charge on any atom is -0.196 e. The Morgan fingerprint density at radius 1 is 0.962 bits per heavy atom. The minimum atomic E-state index is -4.95. The van der Waals surface area contributed by atoms with Crippen LogP contribution in [0.15, 0.2) is 29.6 Å². The van der Waals surface area contributed by atoms with Gasteiger partial charge in [-0.25, -0.2) is 0 Å². The highest BCUT2D eigenvalue weighted by atomic mass is 32.1. The zero-order chi connectivity index (χ0) is 19.1. The lowest BCUT2D eigenvalue weighted by Gasteiger charge is -2.14. The number of aromatic nitrogens is 3. The molecule has 0 atom stereocenters. The number of nitrogens with zero attached hydrogens (tertiary/aromatic N) is 3. The molecule has 0 aliphatic carbocycles. The van der Waals surface area contributed by atoms with Crippen LogP contribution in [0.4, 0.5) is 26.3 Å². The summed E-state index contributed by atoms with van der Waals surface area (Å²) < 4.78 is 78.2. The lowest BCUT2D eigenvalue weighted by molar-refractivity contribution is -0.143. The molecule has 1 aromatic carbocycles. The van der Waals surface area contributed by atoms with Gasteiger partial charge in [0.1, 0.15) is 11.8 Å². The quantitative estimate of drug-likeness (QED) is 0.621. The van der Waals surface area contributed by atoms with Crippen LogP contribution >= 0.6 is 11.3 Å². The van der Waals surface area contributed by atoms with E-state index in [4.69, 9.17) is 5.26 Å². The van der Waals surface area contributed by atoms with Crippen LogP contribution in [0.25, 0.3) is 21.7 Å². The van der Waals surface area contributed by atoms with E-state index in [9.17, 15) is 26.3 Å². The molecule has 2 heterocycles. The van der Waals surface area contributed by atoms with Crippen molar-refractivity contribution in [3.63, 3.8) is 0 Å². The molecular formula is C15H6F6N4S. The molecule has 0 aliphatic rings. The predicted molar refractivity (Wildman–Crippen MR) is 79.9 cm³/mol. The Morgan fingerprint density at radius 2 is 1.58 bits per heavy atom. The molecule has 0 aliphatic heterocycles. The van der Waals surface area contributed by atoms with Crippen molar-refractivity contribution in [1.82, 2.24) is 15.4 Å². The highest BCUT2D eigenvalue weighted by Gasteiger charge is 2.37. The van der Waals surface area contributed by atoms with E-state index in [0.717, 1.165) is 11.3 Å². The Kier molecular flexibility index (Phi) is 4.23. The topological polar surface area (TPSA) is 65.4 Å². The Bertz CT molecular complexity index is 960. The van der Waals surface area contributed by atoms with Crippen LogP contribution < -0.4 is 0 Å². The van der Waals surface area contributed by atoms with Crippen molar-refractivity contribution in [2.75, 3.05) is 0 Å². The van der Waals surface area contributed by atoms with Crippen LogP contribution in [0.1, 0.15) is 16.8 Å². The second-order valence-electron chi connectivity index (χ2n) is 5.09. The molecule has 0 spiro atoms. The van der Waals surface area contributed by atoms with Gasteiger partial charge >= 0.3 is 12.4 Å². The molecule has 134 valence electrons. The van der Waals surface area contributed by atoms with Crippen molar-refractivity contribution in [3.05, 3.63) is 46.5 Å². The molecule has 3 aromatic rings. The molecule has 4 nitrogen and oxygen atoms in total. The Balaban J connectivity index is 2.23. The van der Waals surface area contributed by atoms with E-state index in [1.54, 1.807) is 6.07 Å². The summed E-state index contributed by atoms with van der Waals surface area (Å²) in [4.78, 5) is 0.239. The van der Waals surface area contributed by atoms with E-state index >= 15 is 0 Å². The number of rotatable bonds is 2. The summed E-state index contributed by atoms with van der Waals surface area (Å²) >= 11 is 1.02. The van der Waals surface area contributed by atoms with Gasteiger partial charge in [-0.1, -0.05) is 0 Å². The SMILES string of the molecule is N#Cc1n[nH]nc1-c1sccc1-c1cc(C(F)(F)F)cc(C(F)(F)F)c1. The van der Waals surface area contributed by atoms with Gasteiger partial charge < -0.3 is 0 Å². The van der Waals surface area contributed by atoms with Crippen molar-refractivity contribution < 1.29 is 26.3 Å². The lowest BCUT2D eigenvalue weighted by atomic mass is 9.98.